The molecule has 2 N–H and O–H groups in total. The van der Waals surface area contributed by atoms with Gasteiger partial charge in [-0.25, -0.2) is 0 Å². The van der Waals surface area contributed by atoms with E-state index in [4.69, 9.17) is 5.73 Å². The maximum absolute atomic E-state index is 11.5. The second-order valence-corrected chi connectivity index (χ2v) is 4.87. The van der Waals surface area contributed by atoms with Gasteiger partial charge in [-0.15, -0.1) is 11.3 Å². The molecule has 0 radical (unpaired) electrons. The molecule has 1 aromatic heterocycles. The Kier molecular flexibility index (Phi) is 3.66. The van der Waals surface area contributed by atoms with Gasteiger partial charge in [-0.05, 0) is 26.0 Å². The molecule has 0 saturated heterocycles. The number of hydrogen-bond acceptors (Lipinski definition) is 3. The van der Waals surface area contributed by atoms with Crippen molar-refractivity contribution in [3.05, 3.63) is 21.9 Å². The number of nitrogens with two attached hydrogens (primary N) is 1. The summed E-state index contributed by atoms with van der Waals surface area (Å²) in [6, 6.07) is 3.69. The van der Waals surface area contributed by atoms with Crippen LogP contribution in [0.25, 0.3) is 0 Å². The summed E-state index contributed by atoms with van der Waals surface area (Å²) in [4.78, 5) is 15.6. The Morgan fingerprint density at radius 2 is 2.29 bits per heavy atom. The van der Waals surface area contributed by atoms with Crippen LogP contribution in [0.2, 0.25) is 0 Å². The van der Waals surface area contributed by atoms with Crippen molar-refractivity contribution >= 4 is 17.2 Å². The molecule has 0 bridgehead atoms. The molecule has 1 amide bonds. The number of rotatable bonds is 3. The van der Waals surface area contributed by atoms with Gasteiger partial charge in [-0.1, -0.05) is 0 Å². The van der Waals surface area contributed by atoms with E-state index < -0.39 is 6.04 Å². The van der Waals surface area contributed by atoms with E-state index in [1.807, 2.05) is 6.07 Å². The molecule has 4 heteroatoms. The third-order valence-electron chi connectivity index (χ3n) is 1.95. The van der Waals surface area contributed by atoms with E-state index in [0.29, 0.717) is 6.54 Å². The first-order chi connectivity index (χ1) is 6.50. The first-order valence-electron chi connectivity index (χ1n) is 4.56. The minimum absolute atomic E-state index is 0.0175. The Balaban J connectivity index is 2.57. The summed E-state index contributed by atoms with van der Waals surface area (Å²) in [5, 5.41) is 0. The van der Waals surface area contributed by atoms with Crippen LogP contribution in [0.15, 0.2) is 12.1 Å². The lowest BCUT2D eigenvalue weighted by atomic mass is 10.3. The molecule has 1 aromatic rings. The Hall–Kier alpha value is -0.870. The van der Waals surface area contributed by atoms with E-state index in [1.165, 1.54) is 9.75 Å². The molecule has 14 heavy (non-hydrogen) atoms. The van der Waals surface area contributed by atoms with Crippen molar-refractivity contribution in [2.24, 2.45) is 5.73 Å². The highest BCUT2D eigenvalue weighted by Crippen LogP contribution is 2.16. The van der Waals surface area contributed by atoms with Gasteiger partial charge in [0.25, 0.3) is 0 Å². The number of thiophene rings is 1. The fourth-order valence-corrected chi connectivity index (χ4v) is 2.17. The highest BCUT2D eigenvalue weighted by Gasteiger charge is 2.13. The smallest absolute Gasteiger partial charge is 0.239 e. The van der Waals surface area contributed by atoms with Crippen molar-refractivity contribution in [3.8, 4) is 0 Å². The van der Waals surface area contributed by atoms with E-state index in [2.05, 4.69) is 13.0 Å². The SMILES string of the molecule is Cc1ccc(CN(C)C(=O)[C@H](C)N)s1. The summed E-state index contributed by atoms with van der Waals surface area (Å²) in [7, 11) is 1.78. The Bertz CT molecular complexity index is 320. The molecule has 1 heterocycles. The predicted molar refractivity (Wildman–Crippen MR) is 59.2 cm³/mol. The highest BCUT2D eigenvalue weighted by atomic mass is 32.1. The number of carbonyl (C=O) groups is 1. The molecular formula is C10H16N2OS. The summed E-state index contributed by atoms with van der Waals surface area (Å²) >= 11 is 1.71. The molecule has 0 unspecified atom stereocenters. The van der Waals surface area contributed by atoms with Gasteiger partial charge in [-0.3, -0.25) is 4.79 Å². The Labute approximate surface area is 88.5 Å². The van der Waals surface area contributed by atoms with Crippen LogP contribution in [0.1, 0.15) is 16.7 Å². The Morgan fingerprint density at radius 1 is 1.64 bits per heavy atom. The van der Waals surface area contributed by atoms with Crippen molar-refractivity contribution in [1.29, 1.82) is 0 Å². The van der Waals surface area contributed by atoms with Crippen LogP contribution in [-0.2, 0) is 11.3 Å². The van der Waals surface area contributed by atoms with Crippen LogP contribution in [0, 0.1) is 6.92 Å². The van der Waals surface area contributed by atoms with Gasteiger partial charge < -0.3 is 10.6 Å². The zero-order valence-electron chi connectivity index (χ0n) is 8.78. The molecule has 0 saturated carbocycles. The summed E-state index contributed by atoms with van der Waals surface area (Å²) in [5.74, 6) is -0.0175. The third kappa shape index (κ3) is 2.82. The number of hydrogen-bond donors (Lipinski definition) is 1. The van der Waals surface area contributed by atoms with Gasteiger partial charge in [0.15, 0.2) is 0 Å². The molecule has 78 valence electrons. The highest BCUT2D eigenvalue weighted by molar-refractivity contribution is 7.11. The fraction of sp³-hybridized carbons (Fsp3) is 0.500. The van der Waals surface area contributed by atoms with Gasteiger partial charge in [0.05, 0.1) is 12.6 Å². The monoisotopic (exact) mass is 212 g/mol. The number of carbonyl (C=O) groups excluding carboxylic acids is 1. The average molecular weight is 212 g/mol. The quantitative estimate of drug-likeness (QED) is 0.822. The van der Waals surface area contributed by atoms with Crippen molar-refractivity contribution in [2.75, 3.05) is 7.05 Å². The standard InChI is InChI=1S/C10H16N2OS/c1-7-4-5-9(14-7)6-12(3)10(13)8(2)11/h4-5,8H,6,11H2,1-3H3/t8-/m0/s1. The molecule has 0 aromatic carbocycles. The molecular weight excluding hydrogens is 196 g/mol. The largest absolute Gasteiger partial charge is 0.339 e. The van der Waals surface area contributed by atoms with Crippen LogP contribution in [-0.4, -0.2) is 23.9 Å². The number of aryl methyl sites for hydroxylation is 1. The van der Waals surface area contributed by atoms with Crippen LogP contribution >= 0.6 is 11.3 Å². The predicted octanol–water partition coefficient (Wildman–Crippen LogP) is 1.36. The third-order valence-corrected chi connectivity index (χ3v) is 2.94. The van der Waals surface area contributed by atoms with Gasteiger partial charge >= 0.3 is 0 Å². The van der Waals surface area contributed by atoms with E-state index in [1.54, 1.807) is 30.2 Å². The number of amides is 1. The van der Waals surface area contributed by atoms with Gasteiger partial charge in [0.1, 0.15) is 0 Å². The van der Waals surface area contributed by atoms with Crippen LogP contribution in [0.3, 0.4) is 0 Å². The van der Waals surface area contributed by atoms with E-state index in [-0.39, 0.29) is 5.91 Å². The first kappa shape index (κ1) is 11.2. The van der Waals surface area contributed by atoms with Crippen LogP contribution < -0.4 is 5.73 Å². The topological polar surface area (TPSA) is 46.3 Å². The second kappa shape index (κ2) is 4.57. The number of likely N-dealkylation sites (N-methyl/N-ethyl adjacent to an activating group) is 1. The maximum Gasteiger partial charge on any atom is 0.239 e. The first-order valence-corrected chi connectivity index (χ1v) is 5.38. The molecule has 1 atom stereocenters. The van der Waals surface area contributed by atoms with Crippen molar-refractivity contribution in [1.82, 2.24) is 4.90 Å². The molecule has 0 aliphatic rings. The van der Waals surface area contributed by atoms with Crippen molar-refractivity contribution in [2.45, 2.75) is 26.4 Å². The van der Waals surface area contributed by atoms with Gasteiger partial charge in [0.2, 0.25) is 5.91 Å². The van der Waals surface area contributed by atoms with Gasteiger partial charge in [-0.2, -0.15) is 0 Å². The van der Waals surface area contributed by atoms with E-state index >= 15 is 0 Å². The van der Waals surface area contributed by atoms with Crippen molar-refractivity contribution < 1.29 is 4.79 Å². The normalized spacial score (nSPS) is 12.6. The maximum atomic E-state index is 11.5. The van der Waals surface area contributed by atoms with Crippen LogP contribution in [0.4, 0.5) is 0 Å². The summed E-state index contributed by atoms with van der Waals surface area (Å²) in [5.41, 5.74) is 5.51. The minimum atomic E-state index is -0.416. The lowest BCUT2D eigenvalue weighted by Gasteiger charge is -2.18. The zero-order chi connectivity index (χ0) is 10.7. The van der Waals surface area contributed by atoms with Gasteiger partial charge in [0, 0.05) is 16.8 Å². The summed E-state index contributed by atoms with van der Waals surface area (Å²) in [6.07, 6.45) is 0. The average Bonchev–Trinajstić information content (AvgIpc) is 2.49. The molecule has 0 aliphatic heterocycles. The van der Waals surface area contributed by atoms with E-state index in [9.17, 15) is 4.79 Å². The lowest BCUT2D eigenvalue weighted by Crippen LogP contribution is -2.39. The lowest BCUT2D eigenvalue weighted by molar-refractivity contribution is -0.131. The zero-order valence-corrected chi connectivity index (χ0v) is 9.60. The Morgan fingerprint density at radius 3 is 2.71 bits per heavy atom. The molecule has 1 rings (SSSR count). The number of nitrogens with zero attached hydrogens (tertiary/aromatic N) is 1. The molecule has 0 fully saturated rings. The molecule has 0 spiro atoms. The molecule has 3 nitrogen and oxygen atoms in total. The summed E-state index contributed by atoms with van der Waals surface area (Å²) < 4.78 is 0. The summed E-state index contributed by atoms with van der Waals surface area (Å²) in [6.45, 7) is 4.42. The molecule has 0 aliphatic carbocycles. The minimum Gasteiger partial charge on any atom is -0.339 e. The van der Waals surface area contributed by atoms with E-state index in [0.717, 1.165) is 0 Å². The van der Waals surface area contributed by atoms with Crippen LogP contribution in [0.5, 0.6) is 0 Å². The second-order valence-electron chi connectivity index (χ2n) is 3.50. The van der Waals surface area contributed by atoms with Crippen molar-refractivity contribution in [3.63, 3.8) is 0 Å². The fourth-order valence-electron chi connectivity index (χ4n) is 1.23.